The van der Waals surface area contributed by atoms with Gasteiger partial charge in [-0.2, -0.15) is 0 Å². The van der Waals surface area contributed by atoms with Crippen molar-refractivity contribution < 1.29 is 8.78 Å². The molecule has 0 spiro atoms. The molecule has 1 aliphatic carbocycles. The summed E-state index contributed by atoms with van der Waals surface area (Å²) in [6, 6.07) is 12.2. The van der Waals surface area contributed by atoms with Crippen LogP contribution in [0.4, 0.5) is 8.78 Å². The van der Waals surface area contributed by atoms with E-state index in [1.165, 1.54) is 23.3 Å². The number of halogens is 2. The van der Waals surface area contributed by atoms with E-state index in [1.807, 2.05) is 0 Å². The summed E-state index contributed by atoms with van der Waals surface area (Å²) >= 11 is 0. The Kier molecular flexibility index (Phi) is 5.50. The van der Waals surface area contributed by atoms with Crippen LogP contribution >= 0.6 is 0 Å². The molecule has 0 heterocycles. The van der Waals surface area contributed by atoms with E-state index in [9.17, 15) is 8.78 Å². The molecule has 0 bridgehead atoms. The second kappa shape index (κ2) is 7.63. The lowest BCUT2D eigenvalue weighted by molar-refractivity contribution is 0.477. The van der Waals surface area contributed by atoms with Crippen LogP contribution in [0.5, 0.6) is 0 Å². The molecule has 25 heavy (non-hydrogen) atoms. The van der Waals surface area contributed by atoms with E-state index < -0.39 is 11.6 Å². The van der Waals surface area contributed by atoms with Crippen LogP contribution in [0.1, 0.15) is 42.9 Å². The van der Waals surface area contributed by atoms with Crippen LogP contribution in [0.25, 0.3) is 0 Å². The molecular formula is C21H26F2N2. The van der Waals surface area contributed by atoms with E-state index in [1.54, 1.807) is 0 Å². The summed E-state index contributed by atoms with van der Waals surface area (Å²) in [5.74, 6) is -1.10. The fourth-order valence-electron chi connectivity index (χ4n) is 3.41. The van der Waals surface area contributed by atoms with Crippen molar-refractivity contribution in [1.29, 1.82) is 0 Å². The third-order valence-corrected chi connectivity index (χ3v) is 5.04. The molecule has 3 N–H and O–H groups in total. The number of hydrogen-bond donors (Lipinski definition) is 2. The maximum absolute atomic E-state index is 13.3. The molecule has 2 aromatic carbocycles. The van der Waals surface area contributed by atoms with Gasteiger partial charge in [0.1, 0.15) is 11.6 Å². The van der Waals surface area contributed by atoms with Crippen LogP contribution in [0.3, 0.4) is 0 Å². The average Bonchev–Trinajstić information content (AvgIpc) is 3.35. The first kappa shape index (κ1) is 18.0. The summed E-state index contributed by atoms with van der Waals surface area (Å²) < 4.78 is 26.5. The molecular weight excluding hydrogens is 318 g/mol. The first-order chi connectivity index (χ1) is 12.0. The summed E-state index contributed by atoms with van der Waals surface area (Å²) in [6.07, 6.45) is 4.58. The van der Waals surface area contributed by atoms with Crippen LogP contribution in [0.2, 0.25) is 0 Å². The van der Waals surface area contributed by atoms with E-state index in [0.717, 1.165) is 38.3 Å². The van der Waals surface area contributed by atoms with Crippen molar-refractivity contribution in [2.75, 3.05) is 6.54 Å². The van der Waals surface area contributed by atoms with Gasteiger partial charge in [0.15, 0.2) is 0 Å². The zero-order valence-electron chi connectivity index (χ0n) is 14.7. The predicted octanol–water partition coefficient (Wildman–Crippen LogP) is 4.07. The summed E-state index contributed by atoms with van der Waals surface area (Å²) in [5.41, 5.74) is 9.57. The fraction of sp³-hybridized carbons (Fsp3) is 0.429. The molecule has 0 unspecified atom stereocenters. The van der Waals surface area contributed by atoms with Crippen LogP contribution in [-0.2, 0) is 18.4 Å². The maximum Gasteiger partial charge on any atom is 0.126 e. The van der Waals surface area contributed by atoms with Crippen molar-refractivity contribution in [3.05, 3.63) is 70.8 Å². The number of nitrogens with two attached hydrogens (primary N) is 1. The molecule has 0 saturated heterocycles. The van der Waals surface area contributed by atoms with Gasteiger partial charge >= 0.3 is 0 Å². The Hall–Kier alpha value is -1.78. The van der Waals surface area contributed by atoms with E-state index in [4.69, 9.17) is 5.73 Å². The quantitative estimate of drug-likeness (QED) is 0.758. The topological polar surface area (TPSA) is 38.0 Å². The SMILES string of the molecule is CCc1cccc(C2(NCC[C@H](N)Cc3cc(F)cc(F)c3)CC2)c1. The van der Waals surface area contributed by atoms with E-state index in [0.29, 0.717) is 12.0 Å². The molecule has 4 heteroatoms. The molecule has 1 aliphatic rings. The minimum Gasteiger partial charge on any atom is -0.327 e. The van der Waals surface area contributed by atoms with Gasteiger partial charge in [0.2, 0.25) is 0 Å². The zero-order valence-corrected chi connectivity index (χ0v) is 14.7. The van der Waals surface area contributed by atoms with Crippen LogP contribution < -0.4 is 11.1 Å². The Labute approximate surface area is 148 Å². The van der Waals surface area contributed by atoms with Crippen molar-refractivity contribution in [3.8, 4) is 0 Å². The van der Waals surface area contributed by atoms with Crippen molar-refractivity contribution in [2.45, 2.75) is 50.6 Å². The van der Waals surface area contributed by atoms with Gasteiger partial charge in [0, 0.05) is 17.6 Å². The lowest BCUT2D eigenvalue weighted by Crippen LogP contribution is -2.34. The molecule has 0 amide bonds. The van der Waals surface area contributed by atoms with Gasteiger partial charge in [-0.25, -0.2) is 8.78 Å². The Morgan fingerprint density at radius 1 is 1.08 bits per heavy atom. The molecule has 0 radical (unpaired) electrons. The highest BCUT2D eigenvalue weighted by Crippen LogP contribution is 2.45. The van der Waals surface area contributed by atoms with Gasteiger partial charge in [-0.3, -0.25) is 0 Å². The first-order valence-corrected chi connectivity index (χ1v) is 9.06. The highest BCUT2D eigenvalue weighted by Gasteiger charge is 2.43. The lowest BCUT2D eigenvalue weighted by atomic mass is 10.00. The number of hydrogen-bond acceptors (Lipinski definition) is 2. The highest BCUT2D eigenvalue weighted by atomic mass is 19.1. The Bertz CT molecular complexity index is 705. The molecule has 1 fully saturated rings. The monoisotopic (exact) mass is 344 g/mol. The minimum atomic E-state index is -0.548. The van der Waals surface area contributed by atoms with Gasteiger partial charge in [0.25, 0.3) is 0 Å². The molecule has 0 aliphatic heterocycles. The van der Waals surface area contributed by atoms with Crippen molar-refractivity contribution in [3.63, 3.8) is 0 Å². The average molecular weight is 344 g/mol. The number of rotatable bonds is 8. The molecule has 2 aromatic rings. The predicted molar refractivity (Wildman–Crippen MR) is 97.4 cm³/mol. The standard InChI is InChI=1S/C21H26F2N2/c1-2-15-4-3-5-17(10-15)21(7-8-21)25-9-6-20(24)13-16-11-18(22)14-19(23)12-16/h3-5,10-12,14,20,25H,2,6-9,13,24H2,1H3/t20-/m0/s1. The number of nitrogens with one attached hydrogen (secondary N) is 1. The fourth-order valence-corrected chi connectivity index (χ4v) is 3.41. The van der Waals surface area contributed by atoms with Crippen molar-refractivity contribution in [2.24, 2.45) is 5.73 Å². The summed E-state index contributed by atoms with van der Waals surface area (Å²) in [4.78, 5) is 0. The molecule has 3 rings (SSSR count). The van der Waals surface area contributed by atoms with Gasteiger partial charge in [-0.15, -0.1) is 0 Å². The maximum atomic E-state index is 13.3. The molecule has 1 saturated carbocycles. The van der Waals surface area contributed by atoms with Crippen LogP contribution in [0.15, 0.2) is 42.5 Å². The second-order valence-electron chi connectivity index (χ2n) is 7.09. The van der Waals surface area contributed by atoms with Crippen molar-refractivity contribution >= 4 is 0 Å². The lowest BCUT2D eigenvalue weighted by Gasteiger charge is -2.20. The van der Waals surface area contributed by atoms with Crippen molar-refractivity contribution in [1.82, 2.24) is 5.32 Å². The Balaban J connectivity index is 1.52. The highest BCUT2D eigenvalue weighted by molar-refractivity contribution is 5.34. The number of aryl methyl sites for hydroxylation is 1. The molecule has 1 atom stereocenters. The number of benzene rings is 2. The van der Waals surface area contributed by atoms with Gasteiger partial charge in [-0.1, -0.05) is 31.2 Å². The van der Waals surface area contributed by atoms with E-state index in [-0.39, 0.29) is 11.6 Å². The smallest absolute Gasteiger partial charge is 0.126 e. The first-order valence-electron chi connectivity index (χ1n) is 9.06. The molecule has 2 nitrogen and oxygen atoms in total. The third-order valence-electron chi connectivity index (χ3n) is 5.04. The van der Waals surface area contributed by atoms with Crippen LogP contribution in [-0.4, -0.2) is 12.6 Å². The summed E-state index contributed by atoms with van der Waals surface area (Å²) in [5, 5.41) is 3.65. The van der Waals surface area contributed by atoms with E-state index >= 15 is 0 Å². The third kappa shape index (κ3) is 4.65. The van der Waals surface area contributed by atoms with Gasteiger partial charge < -0.3 is 11.1 Å². The minimum absolute atomic E-state index is 0.0931. The van der Waals surface area contributed by atoms with Crippen LogP contribution in [0, 0.1) is 11.6 Å². The van der Waals surface area contributed by atoms with Gasteiger partial charge in [0.05, 0.1) is 0 Å². The summed E-state index contributed by atoms with van der Waals surface area (Å²) in [6.45, 7) is 2.97. The largest absolute Gasteiger partial charge is 0.327 e. The Morgan fingerprint density at radius 2 is 1.80 bits per heavy atom. The Morgan fingerprint density at radius 3 is 2.44 bits per heavy atom. The van der Waals surface area contributed by atoms with Gasteiger partial charge in [-0.05, 0) is 67.5 Å². The summed E-state index contributed by atoms with van der Waals surface area (Å²) in [7, 11) is 0. The second-order valence-corrected chi connectivity index (χ2v) is 7.09. The van der Waals surface area contributed by atoms with E-state index in [2.05, 4.69) is 36.5 Å². The molecule has 0 aromatic heterocycles. The molecule has 134 valence electrons. The normalized spacial score (nSPS) is 16.6. The zero-order chi connectivity index (χ0) is 17.9.